The number of benzene rings is 1. The highest BCUT2D eigenvalue weighted by atomic mass is 32.1. The Bertz CT molecular complexity index is 1060. The standard InChI is InChI=1S/C21H22N4O2S/c1-2-10-22-19(26)15-9-6-11-25(12-15)21-23-17-16(14-7-4-3-5-8-14)13-28-18(17)20(27)24-21/h2-5,7-8,13,15H,1,6,9-12H2,(H,22,26)(H,23,24,27)/t15-/m1/s1. The summed E-state index contributed by atoms with van der Waals surface area (Å²) in [5, 5.41) is 4.85. The molecule has 7 heteroatoms. The van der Waals surface area contributed by atoms with E-state index in [2.05, 4.69) is 16.9 Å². The molecule has 2 aromatic heterocycles. The molecule has 0 aliphatic carbocycles. The van der Waals surface area contributed by atoms with Gasteiger partial charge in [0.2, 0.25) is 11.9 Å². The van der Waals surface area contributed by atoms with Gasteiger partial charge in [0.15, 0.2) is 0 Å². The third kappa shape index (κ3) is 3.57. The second kappa shape index (κ2) is 7.98. The van der Waals surface area contributed by atoms with E-state index in [9.17, 15) is 9.59 Å². The molecule has 1 aromatic carbocycles. The summed E-state index contributed by atoms with van der Waals surface area (Å²) in [6, 6.07) is 9.96. The minimum atomic E-state index is -0.134. The Morgan fingerprint density at radius 2 is 2.21 bits per heavy atom. The van der Waals surface area contributed by atoms with Gasteiger partial charge in [0.05, 0.1) is 11.4 Å². The first-order valence-corrected chi connectivity index (χ1v) is 10.3. The molecule has 1 fully saturated rings. The topological polar surface area (TPSA) is 78.1 Å². The number of carbonyl (C=O) groups is 1. The van der Waals surface area contributed by atoms with E-state index in [0.29, 0.717) is 29.3 Å². The highest BCUT2D eigenvalue weighted by molar-refractivity contribution is 7.17. The number of piperidine rings is 1. The number of fused-ring (bicyclic) bond motifs is 1. The lowest BCUT2D eigenvalue weighted by molar-refractivity contribution is -0.125. The van der Waals surface area contributed by atoms with Crippen LogP contribution in [0.4, 0.5) is 5.95 Å². The van der Waals surface area contributed by atoms with E-state index >= 15 is 0 Å². The highest BCUT2D eigenvalue weighted by Gasteiger charge is 2.27. The molecule has 1 amide bonds. The van der Waals surface area contributed by atoms with Gasteiger partial charge in [-0.1, -0.05) is 36.4 Å². The van der Waals surface area contributed by atoms with Crippen molar-refractivity contribution in [2.45, 2.75) is 12.8 Å². The van der Waals surface area contributed by atoms with Gasteiger partial charge >= 0.3 is 0 Å². The van der Waals surface area contributed by atoms with Crippen molar-refractivity contribution in [3.63, 3.8) is 0 Å². The van der Waals surface area contributed by atoms with Crippen molar-refractivity contribution in [3.8, 4) is 11.1 Å². The molecule has 28 heavy (non-hydrogen) atoms. The third-order valence-electron chi connectivity index (χ3n) is 5.01. The number of amides is 1. The Morgan fingerprint density at radius 3 is 3.00 bits per heavy atom. The maximum absolute atomic E-state index is 12.6. The summed E-state index contributed by atoms with van der Waals surface area (Å²) in [5.74, 6) is 0.439. The number of H-pyrrole nitrogens is 1. The van der Waals surface area contributed by atoms with Crippen LogP contribution < -0.4 is 15.8 Å². The molecule has 0 radical (unpaired) electrons. The second-order valence-corrected chi connectivity index (χ2v) is 7.78. The molecule has 144 valence electrons. The lowest BCUT2D eigenvalue weighted by Crippen LogP contribution is -2.44. The van der Waals surface area contributed by atoms with Crippen molar-refractivity contribution in [3.05, 3.63) is 58.7 Å². The van der Waals surface area contributed by atoms with Crippen molar-refractivity contribution < 1.29 is 4.79 Å². The van der Waals surface area contributed by atoms with Gasteiger partial charge in [-0.3, -0.25) is 14.6 Å². The van der Waals surface area contributed by atoms with E-state index in [4.69, 9.17) is 4.98 Å². The van der Waals surface area contributed by atoms with Gasteiger partial charge in [-0.05, 0) is 18.4 Å². The first-order valence-electron chi connectivity index (χ1n) is 9.38. The molecule has 0 unspecified atom stereocenters. The molecule has 0 bridgehead atoms. The van der Waals surface area contributed by atoms with Crippen molar-refractivity contribution in [1.82, 2.24) is 15.3 Å². The minimum absolute atomic E-state index is 0.0218. The predicted octanol–water partition coefficient (Wildman–Crippen LogP) is 3.17. The molecule has 0 saturated carbocycles. The van der Waals surface area contributed by atoms with Gasteiger partial charge in [0.25, 0.3) is 5.56 Å². The fraction of sp³-hybridized carbons (Fsp3) is 0.286. The molecule has 6 nitrogen and oxygen atoms in total. The van der Waals surface area contributed by atoms with Crippen LogP contribution in [-0.4, -0.2) is 35.5 Å². The van der Waals surface area contributed by atoms with E-state index in [-0.39, 0.29) is 17.4 Å². The Morgan fingerprint density at radius 1 is 1.39 bits per heavy atom. The Labute approximate surface area is 166 Å². The Kier molecular flexibility index (Phi) is 5.25. The smallest absolute Gasteiger partial charge is 0.270 e. The first-order chi connectivity index (χ1) is 13.7. The van der Waals surface area contributed by atoms with Crippen LogP contribution >= 0.6 is 11.3 Å². The zero-order valence-corrected chi connectivity index (χ0v) is 16.3. The van der Waals surface area contributed by atoms with Crippen molar-refractivity contribution in [2.75, 3.05) is 24.5 Å². The first kappa shape index (κ1) is 18.4. The van der Waals surface area contributed by atoms with Crippen LogP contribution in [-0.2, 0) is 4.79 Å². The number of thiophene rings is 1. The molecule has 1 aliphatic rings. The van der Waals surface area contributed by atoms with Gasteiger partial charge in [0, 0.05) is 30.6 Å². The average Bonchev–Trinajstić information content (AvgIpc) is 3.17. The number of hydrogen-bond acceptors (Lipinski definition) is 5. The van der Waals surface area contributed by atoms with Gasteiger partial charge in [-0.15, -0.1) is 17.9 Å². The molecular formula is C21H22N4O2S. The summed E-state index contributed by atoms with van der Waals surface area (Å²) in [5.41, 5.74) is 2.59. The van der Waals surface area contributed by atoms with E-state index < -0.39 is 0 Å². The number of aromatic nitrogens is 2. The molecule has 4 rings (SSSR count). The largest absolute Gasteiger partial charge is 0.352 e. The van der Waals surface area contributed by atoms with Crippen LogP contribution in [0.1, 0.15) is 12.8 Å². The number of nitrogens with one attached hydrogen (secondary N) is 2. The molecule has 1 saturated heterocycles. The second-order valence-electron chi connectivity index (χ2n) is 6.90. The van der Waals surface area contributed by atoms with Crippen LogP contribution in [0.15, 0.2) is 53.2 Å². The van der Waals surface area contributed by atoms with E-state index in [1.54, 1.807) is 6.08 Å². The van der Waals surface area contributed by atoms with E-state index in [1.807, 2.05) is 40.6 Å². The van der Waals surface area contributed by atoms with Gasteiger partial charge in [-0.2, -0.15) is 0 Å². The predicted molar refractivity (Wildman–Crippen MR) is 114 cm³/mol. The van der Waals surface area contributed by atoms with Gasteiger partial charge in [0.1, 0.15) is 4.70 Å². The number of rotatable bonds is 5. The normalized spacial score (nSPS) is 16.9. The molecule has 3 heterocycles. The van der Waals surface area contributed by atoms with Crippen LogP contribution in [0, 0.1) is 5.92 Å². The number of anilines is 1. The zero-order valence-electron chi connectivity index (χ0n) is 15.5. The van der Waals surface area contributed by atoms with Crippen molar-refractivity contribution in [1.29, 1.82) is 0 Å². The van der Waals surface area contributed by atoms with Crippen LogP contribution in [0.25, 0.3) is 21.3 Å². The summed E-state index contributed by atoms with van der Waals surface area (Å²) >= 11 is 1.41. The maximum atomic E-state index is 12.6. The number of hydrogen-bond donors (Lipinski definition) is 2. The summed E-state index contributed by atoms with van der Waals surface area (Å²) in [6.07, 6.45) is 3.38. The Balaban J connectivity index is 1.66. The number of carbonyl (C=O) groups excluding carboxylic acids is 1. The summed E-state index contributed by atoms with van der Waals surface area (Å²) in [7, 11) is 0. The molecular weight excluding hydrogens is 372 g/mol. The van der Waals surface area contributed by atoms with Crippen LogP contribution in [0.5, 0.6) is 0 Å². The lowest BCUT2D eigenvalue weighted by atomic mass is 9.97. The van der Waals surface area contributed by atoms with Crippen LogP contribution in [0.3, 0.4) is 0 Å². The van der Waals surface area contributed by atoms with E-state index in [0.717, 1.165) is 30.5 Å². The lowest BCUT2D eigenvalue weighted by Gasteiger charge is -2.32. The zero-order chi connectivity index (χ0) is 19.5. The molecule has 1 aliphatic heterocycles. The van der Waals surface area contributed by atoms with Crippen molar-refractivity contribution >= 4 is 33.4 Å². The monoisotopic (exact) mass is 394 g/mol. The molecule has 0 spiro atoms. The third-order valence-corrected chi connectivity index (χ3v) is 5.98. The van der Waals surface area contributed by atoms with Gasteiger partial charge in [-0.25, -0.2) is 4.98 Å². The molecule has 3 aromatic rings. The van der Waals surface area contributed by atoms with Crippen molar-refractivity contribution in [2.24, 2.45) is 5.92 Å². The average molecular weight is 395 g/mol. The van der Waals surface area contributed by atoms with Gasteiger partial charge < -0.3 is 10.2 Å². The Hall–Kier alpha value is -2.93. The molecule has 2 N–H and O–H groups in total. The summed E-state index contributed by atoms with van der Waals surface area (Å²) < 4.78 is 0.625. The van der Waals surface area contributed by atoms with Crippen LogP contribution in [0.2, 0.25) is 0 Å². The molecule has 1 atom stereocenters. The summed E-state index contributed by atoms with van der Waals surface area (Å²) in [4.78, 5) is 34.7. The SMILES string of the molecule is C=CCNC(=O)[C@@H]1CCCN(c2nc3c(-c4ccccc4)csc3c(=O)[nH]2)C1. The minimum Gasteiger partial charge on any atom is -0.352 e. The van der Waals surface area contributed by atoms with E-state index in [1.165, 1.54) is 11.3 Å². The number of aromatic amines is 1. The quantitative estimate of drug-likeness (QED) is 0.652. The fourth-order valence-corrected chi connectivity index (χ4v) is 4.50. The maximum Gasteiger partial charge on any atom is 0.270 e. The summed E-state index contributed by atoms with van der Waals surface area (Å²) in [6.45, 7) is 5.41. The fourth-order valence-electron chi connectivity index (χ4n) is 3.59. The number of nitrogens with zero attached hydrogens (tertiary/aromatic N) is 2. The highest BCUT2D eigenvalue weighted by Crippen LogP contribution is 2.32.